The predicted octanol–water partition coefficient (Wildman–Crippen LogP) is 13.4. The van der Waals surface area contributed by atoms with E-state index in [-0.39, 0.29) is 0 Å². The van der Waals surface area contributed by atoms with Crippen LogP contribution in [0.4, 0.5) is 34.1 Å². The number of hydrogen-bond donors (Lipinski definition) is 0. The second-order valence-corrected chi connectivity index (χ2v) is 14.3. The number of nitrogens with zero attached hydrogens (tertiary/aromatic N) is 2. The summed E-state index contributed by atoms with van der Waals surface area (Å²) < 4.78 is 13.0. The monoisotopic (exact) mass is 652 g/mol. The van der Waals surface area contributed by atoms with Crippen molar-refractivity contribution in [2.75, 3.05) is 9.80 Å². The molecule has 0 aliphatic carbocycles. The van der Waals surface area contributed by atoms with Crippen molar-refractivity contribution in [1.29, 1.82) is 0 Å². The Morgan fingerprint density at radius 3 is 1.06 bits per heavy atom. The molecule has 0 saturated carbocycles. The molecule has 0 amide bonds. The molecule has 7 aromatic carbocycles. The van der Waals surface area contributed by atoms with Gasteiger partial charge in [0.25, 0.3) is 0 Å². The molecule has 48 heavy (non-hydrogen) atoms. The lowest BCUT2D eigenvalue weighted by Crippen LogP contribution is -2.14. The molecule has 0 spiro atoms. The molecule has 11 rings (SSSR count). The highest BCUT2D eigenvalue weighted by molar-refractivity contribution is 8.00. The zero-order valence-electron chi connectivity index (χ0n) is 25.4. The molecule has 0 fully saturated rings. The average molecular weight is 653 g/mol. The number of hydrogen-bond acceptors (Lipinski definition) is 6. The number of anilines is 6. The summed E-state index contributed by atoms with van der Waals surface area (Å²) in [5.74, 6) is 0. The van der Waals surface area contributed by atoms with Crippen molar-refractivity contribution in [3.8, 4) is 0 Å². The van der Waals surface area contributed by atoms with Gasteiger partial charge in [-0.2, -0.15) is 0 Å². The Bertz CT molecular complexity index is 2500. The van der Waals surface area contributed by atoms with Crippen molar-refractivity contribution >= 4 is 102 Å². The lowest BCUT2D eigenvalue weighted by molar-refractivity contribution is 0.663. The first-order valence-corrected chi connectivity index (χ1v) is 17.6. The fourth-order valence-corrected chi connectivity index (χ4v) is 9.47. The van der Waals surface area contributed by atoms with E-state index in [1.807, 2.05) is 35.7 Å². The van der Waals surface area contributed by atoms with E-state index < -0.39 is 0 Å². The van der Waals surface area contributed by atoms with Gasteiger partial charge in [0, 0.05) is 52.5 Å². The van der Waals surface area contributed by atoms with Gasteiger partial charge in [-0.25, -0.2) is 0 Å². The largest absolute Gasteiger partial charge is 0.456 e. The number of para-hydroxylation sites is 4. The van der Waals surface area contributed by atoms with Crippen molar-refractivity contribution in [3.05, 3.63) is 146 Å². The zero-order valence-corrected chi connectivity index (χ0v) is 27.0. The van der Waals surface area contributed by atoms with E-state index >= 15 is 0 Å². The van der Waals surface area contributed by atoms with Crippen LogP contribution in [0, 0.1) is 0 Å². The molecule has 2 aliphatic rings. The summed E-state index contributed by atoms with van der Waals surface area (Å²) in [6.07, 6.45) is 0. The maximum Gasteiger partial charge on any atom is 0.136 e. The van der Waals surface area contributed by atoms with Crippen molar-refractivity contribution in [3.63, 3.8) is 0 Å². The molecule has 0 N–H and O–H groups in total. The molecule has 0 unspecified atom stereocenters. The summed E-state index contributed by atoms with van der Waals surface area (Å²) in [7, 11) is 0. The lowest BCUT2D eigenvalue weighted by atomic mass is 10.0. The quantitative estimate of drug-likeness (QED) is 0.185. The van der Waals surface area contributed by atoms with E-state index in [1.54, 1.807) is 0 Å². The van der Waals surface area contributed by atoms with E-state index in [4.69, 9.17) is 8.83 Å². The lowest BCUT2D eigenvalue weighted by Gasteiger charge is -2.32. The van der Waals surface area contributed by atoms with Crippen LogP contribution < -0.4 is 9.80 Å². The van der Waals surface area contributed by atoms with Crippen LogP contribution in [0.3, 0.4) is 0 Å². The molecule has 4 heterocycles. The van der Waals surface area contributed by atoms with Gasteiger partial charge in [-0.1, -0.05) is 72.1 Å². The molecule has 0 atom stereocenters. The molecule has 2 aliphatic heterocycles. The van der Waals surface area contributed by atoms with Crippen molar-refractivity contribution in [2.45, 2.75) is 19.6 Å². The SMILES string of the molecule is c1ccc2c(c1)Sc1ccccc1N2c1ccc2oc3ccc4oc5ccc(N6c7ccccc7Sc7ccccc76)cc5c4c3c2c1. The smallest absolute Gasteiger partial charge is 0.136 e. The Morgan fingerprint density at radius 1 is 0.354 bits per heavy atom. The Hall–Kier alpha value is -5.56. The van der Waals surface area contributed by atoms with Crippen LogP contribution in [0.1, 0.15) is 0 Å². The summed E-state index contributed by atoms with van der Waals surface area (Å²) in [4.78, 5) is 9.70. The summed E-state index contributed by atoms with van der Waals surface area (Å²) in [6.45, 7) is 0. The third kappa shape index (κ3) is 3.75. The molecule has 0 radical (unpaired) electrons. The molecule has 0 bridgehead atoms. The zero-order chi connectivity index (χ0) is 31.3. The van der Waals surface area contributed by atoms with E-state index in [1.165, 1.54) is 42.3 Å². The van der Waals surface area contributed by atoms with E-state index in [0.717, 1.165) is 55.3 Å². The number of benzene rings is 7. The predicted molar refractivity (Wildman–Crippen MR) is 199 cm³/mol. The van der Waals surface area contributed by atoms with Gasteiger partial charge in [0.15, 0.2) is 0 Å². The minimum absolute atomic E-state index is 0.850. The molecule has 2 aromatic heterocycles. The second-order valence-electron chi connectivity index (χ2n) is 12.1. The topological polar surface area (TPSA) is 32.8 Å². The van der Waals surface area contributed by atoms with Crippen LogP contribution in [0.5, 0.6) is 0 Å². The summed E-state index contributed by atoms with van der Waals surface area (Å²) >= 11 is 3.64. The first-order valence-electron chi connectivity index (χ1n) is 15.9. The Kier molecular flexibility index (Phi) is 5.51. The van der Waals surface area contributed by atoms with Crippen LogP contribution in [-0.4, -0.2) is 0 Å². The summed E-state index contributed by atoms with van der Waals surface area (Å²) in [5, 5.41) is 4.28. The molecule has 4 nitrogen and oxygen atoms in total. The Morgan fingerprint density at radius 2 is 0.688 bits per heavy atom. The van der Waals surface area contributed by atoms with Crippen molar-refractivity contribution in [2.24, 2.45) is 0 Å². The van der Waals surface area contributed by atoms with E-state index in [2.05, 4.69) is 143 Å². The highest BCUT2D eigenvalue weighted by Gasteiger charge is 2.27. The Labute approximate surface area is 284 Å². The average Bonchev–Trinajstić information content (AvgIpc) is 3.70. The molecule has 226 valence electrons. The maximum atomic E-state index is 6.52. The molecule has 0 saturated heterocycles. The first-order chi connectivity index (χ1) is 23.8. The van der Waals surface area contributed by atoms with Gasteiger partial charge in [-0.15, -0.1) is 0 Å². The normalized spacial score (nSPS) is 13.6. The molecule has 9 aromatic rings. The van der Waals surface area contributed by atoms with Gasteiger partial charge in [0.1, 0.15) is 22.3 Å². The highest BCUT2D eigenvalue weighted by atomic mass is 32.2. The molecular formula is C42H24N2O2S2. The van der Waals surface area contributed by atoms with Crippen molar-refractivity contribution in [1.82, 2.24) is 0 Å². The van der Waals surface area contributed by atoms with Crippen LogP contribution in [0.15, 0.2) is 174 Å². The summed E-state index contributed by atoms with van der Waals surface area (Å²) in [6, 6.07) is 51.7. The minimum Gasteiger partial charge on any atom is -0.456 e. The van der Waals surface area contributed by atoms with Crippen LogP contribution in [0.25, 0.3) is 43.9 Å². The number of rotatable bonds is 2. The van der Waals surface area contributed by atoms with Crippen LogP contribution in [0.2, 0.25) is 0 Å². The summed E-state index contributed by atoms with van der Waals surface area (Å²) in [5.41, 5.74) is 10.3. The van der Waals surface area contributed by atoms with Gasteiger partial charge in [-0.05, 0) is 97.1 Å². The second kappa shape index (κ2) is 9.97. The van der Waals surface area contributed by atoms with Crippen LogP contribution in [-0.2, 0) is 0 Å². The third-order valence-corrected chi connectivity index (χ3v) is 11.7. The fourth-order valence-electron chi connectivity index (χ4n) is 7.35. The molecular weight excluding hydrogens is 629 g/mol. The van der Waals surface area contributed by atoms with Gasteiger partial charge in [0.05, 0.1) is 22.7 Å². The highest BCUT2D eigenvalue weighted by Crippen LogP contribution is 2.54. The third-order valence-electron chi connectivity index (χ3n) is 9.41. The Balaban J connectivity index is 1.15. The standard InChI is InChI=1S/C42H24N2O2S2/c1-5-13-37-29(9-1)43(30-10-2-6-14-38(30)47-37)25-17-19-33-27(23-25)41-35(45-33)21-22-36-42(41)28-24-26(18-20-34(28)46-36)44-31-11-3-7-15-39(31)48-40-16-8-4-12-32(40)44/h1-24H. The number of fused-ring (bicyclic) bond motifs is 11. The van der Waals surface area contributed by atoms with Crippen molar-refractivity contribution < 1.29 is 8.83 Å². The van der Waals surface area contributed by atoms with Gasteiger partial charge < -0.3 is 18.6 Å². The van der Waals surface area contributed by atoms with E-state index in [0.29, 0.717) is 0 Å². The fraction of sp³-hybridized carbons (Fsp3) is 0. The van der Waals surface area contributed by atoms with E-state index in [9.17, 15) is 0 Å². The molecule has 6 heteroatoms. The van der Waals surface area contributed by atoms with Gasteiger partial charge in [-0.3, -0.25) is 0 Å². The van der Waals surface area contributed by atoms with Gasteiger partial charge in [0.2, 0.25) is 0 Å². The first kappa shape index (κ1) is 26.5. The maximum absolute atomic E-state index is 6.52. The van der Waals surface area contributed by atoms with Gasteiger partial charge >= 0.3 is 0 Å². The minimum atomic E-state index is 0.850. The number of furan rings is 2. The van der Waals surface area contributed by atoms with Crippen LogP contribution >= 0.6 is 23.5 Å².